The van der Waals surface area contributed by atoms with Crippen molar-refractivity contribution in [1.82, 2.24) is 10.2 Å². The maximum atomic E-state index is 12.0. The number of amides is 2. The molecule has 0 saturated carbocycles. The number of imide groups is 1. The average molecular weight is 240 g/mol. The molecule has 0 bridgehead atoms. The SMILES string of the molecule is CC(C)N1C(=O)CC(NCC2CCCO2)C1=O. The summed E-state index contributed by atoms with van der Waals surface area (Å²) in [6, 6.07) is -0.404. The predicted molar refractivity (Wildman–Crippen MR) is 62.4 cm³/mol. The Bertz CT molecular complexity index is 311. The van der Waals surface area contributed by atoms with Crippen LogP contribution in [0.15, 0.2) is 0 Å². The van der Waals surface area contributed by atoms with Crippen LogP contribution in [0.25, 0.3) is 0 Å². The maximum Gasteiger partial charge on any atom is 0.247 e. The molecule has 0 aliphatic carbocycles. The summed E-state index contributed by atoms with van der Waals surface area (Å²) in [5, 5.41) is 3.15. The van der Waals surface area contributed by atoms with Crippen LogP contribution in [-0.2, 0) is 14.3 Å². The molecule has 2 amide bonds. The van der Waals surface area contributed by atoms with E-state index in [9.17, 15) is 9.59 Å². The molecular formula is C12H20N2O3. The van der Waals surface area contributed by atoms with Crippen molar-refractivity contribution in [3.63, 3.8) is 0 Å². The van der Waals surface area contributed by atoms with Gasteiger partial charge in [0.1, 0.15) is 0 Å². The van der Waals surface area contributed by atoms with Gasteiger partial charge in [0.25, 0.3) is 0 Å². The lowest BCUT2D eigenvalue weighted by Crippen LogP contribution is -2.43. The standard InChI is InChI=1S/C12H20N2O3/c1-8(2)14-11(15)6-10(12(14)16)13-7-9-4-3-5-17-9/h8-10,13H,3-7H2,1-2H3. The summed E-state index contributed by atoms with van der Waals surface area (Å²) in [7, 11) is 0. The van der Waals surface area contributed by atoms with Crippen LogP contribution in [0.5, 0.6) is 0 Å². The molecule has 2 aliphatic heterocycles. The molecule has 96 valence electrons. The Hall–Kier alpha value is -0.940. The third kappa shape index (κ3) is 2.66. The molecule has 0 radical (unpaired) electrons. The fourth-order valence-corrected chi connectivity index (χ4v) is 2.43. The number of nitrogens with one attached hydrogen (secondary N) is 1. The van der Waals surface area contributed by atoms with Crippen LogP contribution < -0.4 is 5.32 Å². The summed E-state index contributed by atoms with van der Waals surface area (Å²) in [5.41, 5.74) is 0. The van der Waals surface area contributed by atoms with E-state index >= 15 is 0 Å². The first-order valence-corrected chi connectivity index (χ1v) is 6.30. The second-order valence-electron chi connectivity index (χ2n) is 5.00. The van der Waals surface area contributed by atoms with Crippen LogP contribution in [0, 0.1) is 0 Å². The maximum absolute atomic E-state index is 12.0. The fourth-order valence-electron chi connectivity index (χ4n) is 2.43. The van der Waals surface area contributed by atoms with E-state index in [1.807, 2.05) is 13.8 Å². The van der Waals surface area contributed by atoms with Gasteiger partial charge in [0.2, 0.25) is 11.8 Å². The molecule has 0 aromatic rings. The summed E-state index contributed by atoms with van der Waals surface area (Å²) >= 11 is 0. The van der Waals surface area contributed by atoms with Gasteiger partial charge >= 0.3 is 0 Å². The molecule has 2 aliphatic rings. The quantitative estimate of drug-likeness (QED) is 0.718. The summed E-state index contributed by atoms with van der Waals surface area (Å²) < 4.78 is 5.48. The Labute approximate surface area is 101 Å². The Balaban J connectivity index is 1.85. The highest BCUT2D eigenvalue weighted by atomic mass is 16.5. The van der Waals surface area contributed by atoms with Crippen molar-refractivity contribution >= 4 is 11.8 Å². The van der Waals surface area contributed by atoms with E-state index < -0.39 is 0 Å². The molecule has 2 saturated heterocycles. The average Bonchev–Trinajstić information content (AvgIpc) is 2.84. The van der Waals surface area contributed by atoms with E-state index in [0.717, 1.165) is 19.4 Å². The molecule has 0 aromatic heterocycles. The minimum absolute atomic E-state index is 0.0514. The normalized spacial score (nSPS) is 29.7. The lowest BCUT2D eigenvalue weighted by molar-refractivity contribution is -0.140. The molecule has 2 fully saturated rings. The minimum atomic E-state index is -0.353. The van der Waals surface area contributed by atoms with Crippen LogP contribution in [0.3, 0.4) is 0 Å². The number of likely N-dealkylation sites (tertiary alicyclic amines) is 1. The Morgan fingerprint density at radius 2 is 2.24 bits per heavy atom. The van der Waals surface area contributed by atoms with Gasteiger partial charge in [-0.2, -0.15) is 0 Å². The van der Waals surface area contributed by atoms with Crippen molar-refractivity contribution in [1.29, 1.82) is 0 Å². The van der Waals surface area contributed by atoms with E-state index in [1.54, 1.807) is 0 Å². The van der Waals surface area contributed by atoms with Crippen LogP contribution >= 0.6 is 0 Å². The predicted octanol–water partition coefficient (Wildman–Crippen LogP) is 0.291. The second kappa shape index (κ2) is 5.14. The smallest absolute Gasteiger partial charge is 0.247 e. The van der Waals surface area contributed by atoms with Crippen molar-refractivity contribution in [3.8, 4) is 0 Å². The summed E-state index contributed by atoms with van der Waals surface area (Å²) in [6.45, 7) is 5.19. The lowest BCUT2D eigenvalue weighted by Gasteiger charge is -2.19. The van der Waals surface area contributed by atoms with Gasteiger partial charge in [0.05, 0.1) is 18.6 Å². The highest BCUT2D eigenvalue weighted by molar-refractivity contribution is 6.05. The monoisotopic (exact) mass is 240 g/mol. The van der Waals surface area contributed by atoms with Crippen molar-refractivity contribution in [2.75, 3.05) is 13.2 Å². The number of rotatable bonds is 4. The number of hydrogen-bond donors (Lipinski definition) is 1. The van der Waals surface area contributed by atoms with E-state index in [1.165, 1.54) is 4.90 Å². The number of nitrogens with zero attached hydrogens (tertiary/aromatic N) is 1. The molecule has 2 unspecified atom stereocenters. The van der Waals surface area contributed by atoms with E-state index in [-0.39, 0.29) is 36.4 Å². The molecule has 2 heterocycles. The number of ether oxygens (including phenoxy) is 1. The zero-order valence-electron chi connectivity index (χ0n) is 10.4. The number of carbonyl (C=O) groups is 2. The third-order valence-electron chi connectivity index (χ3n) is 3.32. The van der Waals surface area contributed by atoms with Gasteiger partial charge in [-0.3, -0.25) is 14.5 Å². The van der Waals surface area contributed by atoms with Crippen LogP contribution in [-0.4, -0.2) is 48.1 Å². The van der Waals surface area contributed by atoms with Crippen LogP contribution in [0.4, 0.5) is 0 Å². The van der Waals surface area contributed by atoms with Gasteiger partial charge in [0.15, 0.2) is 0 Å². The van der Waals surface area contributed by atoms with Crippen molar-refractivity contribution < 1.29 is 14.3 Å². The van der Waals surface area contributed by atoms with E-state index in [2.05, 4.69) is 5.32 Å². The Morgan fingerprint density at radius 1 is 1.47 bits per heavy atom. The highest BCUT2D eigenvalue weighted by Crippen LogP contribution is 2.17. The first-order chi connectivity index (χ1) is 8.09. The third-order valence-corrected chi connectivity index (χ3v) is 3.32. The second-order valence-corrected chi connectivity index (χ2v) is 5.00. The van der Waals surface area contributed by atoms with Crippen LogP contribution in [0.1, 0.15) is 33.1 Å². The van der Waals surface area contributed by atoms with Crippen molar-refractivity contribution in [3.05, 3.63) is 0 Å². The molecule has 17 heavy (non-hydrogen) atoms. The molecule has 2 atom stereocenters. The molecule has 5 nitrogen and oxygen atoms in total. The summed E-state index contributed by atoms with van der Waals surface area (Å²) in [5.74, 6) is -0.169. The molecule has 0 aromatic carbocycles. The zero-order valence-corrected chi connectivity index (χ0v) is 10.4. The lowest BCUT2D eigenvalue weighted by atomic mass is 10.2. The first kappa shape index (κ1) is 12.5. The van der Waals surface area contributed by atoms with E-state index in [0.29, 0.717) is 6.54 Å². The van der Waals surface area contributed by atoms with Gasteiger partial charge < -0.3 is 10.1 Å². The molecular weight excluding hydrogens is 220 g/mol. The van der Waals surface area contributed by atoms with Crippen LogP contribution in [0.2, 0.25) is 0 Å². The van der Waals surface area contributed by atoms with Gasteiger partial charge in [-0.05, 0) is 26.7 Å². The Morgan fingerprint density at radius 3 is 2.76 bits per heavy atom. The Kier molecular flexibility index (Phi) is 3.79. The summed E-state index contributed by atoms with van der Waals surface area (Å²) in [4.78, 5) is 25.0. The number of carbonyl (C=O) groups excluding carboxylic acids is 2. The van der Waals surface area contributed by atoms with Gasteiger partial charge in [-0.1, -0.05) is 0 Å². The largest absolute Gasteiger partial charge is 0.377 e. The minimum Gasteiger partial charge on any atom is -0.377 e. The molecule has 0 spiro atoms. The highest BCUT2D eigenvalue weighted by Gasteiger charge is 2.39. The van der Waals surface area contributed by atoms with Crippen molar-refractivity contribution in [2.45, 2.75) is 51.3 Å². The molecule has 2 rings (SSSR count). The molecule has 1 N–H and O–H groups in total. The van der Waals surface area contributed by atoms with Crippen molar-refractivity contribution in [2.24, 2.45) is 0 Å². The fraction of sp³-hybridized carbons (Fsp3) is 0.833. The zero-order chi connectivity index (χ0) is 12.4. The molecule has 5 heteroatoms. The topological polar surface area (TPSA) is 58.6 Å². The van der Waals surface area contributed by atoms with E-state index in [4.69, 9.17) is 4.74 Å². The van der Waals surface area contributed by atoms with Gasteiger partial charge in [0, 0.05) is 19.2 Å². The number of hydrogen-bond acceptors (Lipinski definition) is 4. The first-order valence-electron chi connectivity index (χ1n) is 6.30. The summed E-state index contributed by atoms with van der Waals surface area (Å²) in [6.07, 6.45) is 2.60. The van der Waals surface area contributed by atoms with Gasteiger partial charge in [-0.15, -0.1) is 0 Å². The van der Waals surface area contributed by atoms with Gasteiger partial charge in [-0.25, -0.2) is 0 Å².